The number of quaternary nitrogens is 1. The quantitative estimate of drug-likeness (QED) is 0.0432. The molecule has 8 heteroatoms. The second kappa shape index (κ2) is 26.7. The van der Waals surface area contributed by atoms with Gasteiger partial charge < -0.3 is 23.2 Å². The number of carbonyl (C=O) groups is 1. The fourth-order valence-corrected chi connectivity index (χ4v) is 6.62. The molecule has 0 aliphatic carbocycles. The number of ketones is 1. The van der Waals surface area contributed by atoms with Crippen LogP contribution in [0.2, 0.25) is 0 Å². The Morgan fingerprint density at radius 1 is 0.739 bits per heavy atom. The van der Waals surface area contributed by atoms with Crippen molar-refractivity contribution in [1.82, 2.24) is 0 Å². The van der Waals surface area contributed by atoms with E-state index < -0.39 is 7.82 Å². The maximum absolute atomic E-state index is 12.5. The van der Waals surface area contributed by atoms with Crippen LogP contribution < -0.4 is 9.63 Å². The molecule has 0 saturated heterocycles. The normalized spacial score (nSPS) is 13.9. The zero-order chi connectivity index (χ0) is 33.9. The molecule has 0 aliphatic heterocycles. The van der Waals surface area contributed by atoms with Crippen molar-refractivity contribution in [3.05, 3.63) is 29.8 Å². The standard InChI is InChI=1S/C38H70NO6P/c1-6-8-9-10-11-12-13-14-15-16-17-18-19-20-21-24-30-43-38-28-23-22-27-36(38)32-35(33-37(40)26-7-2)34-45-46(41,42)44-31-25-29-39(3,4)5/h22-23,27-28,35H,6-21,24-26,29-34H2,1-5H3. The van der Waals surface area contributed by atoms with E-state index in [0.29, 0.717) is 25.9 Å². The molecule has 7 nitrogen and oxygen atoms in total. The summed E-state index contributed by atoms with van der Waals surface area (Å²) < 4.78 is 29.7. The minimum Gasteiger partial charge on any atom is -0.756 e. The lowest BCUT2D eigenvalue weighted by atomic mass is 9.93. The maximum Gasteiger partial charge on any atom is 0.267 e. The first-order valence-corrected chi connectivity index (χ1v) is 20.2. The summed E-state index contributed by atoms with van der Waals surface area (Å²) in [6.07, 6.45) is 24.0. The lowest BCUT2D eigenvalue weighted by Crippen LogP contribution is -2.35. The van der Waals surface area contributed by atoms with E-state index >= 15 is 0 Å². The monoisotopic (exact) mass is 667 g/mol. The van der Waals surface area contributed by atoms with E-state index in [1.807, 2.05) is 52.3 Å². The van der Waals surface area contributed by atoms with Crippen molar-refractivity contribution < 1.29 is 32.5 Å². The molecule has 0 saturated carbocycles. The van der Waals surface area contributed by atoms with E-state index in [-0.39, 0.29) is 31.3 Å². The first-order chi connectivity index (χ1) is 22.1. The van der Waals surface area contributed by atoms with Gasteiger partial charge in [-0.25, -0.2) is 0 Å². The molecule has 46 heavy (non-hydrogen) atoms. The predicted molar refractivity (Wildman–Crippen MR) is 190 cm³/mol. The zero-order valence-electron chi connectivity index (χ0n) is 30.4. The van der Waals surface area contributed by atoms with Gasteiger partial charge in [0.15, 0.2) is 0 Å². The van der Waals surface area contributed by atoms with Crippen LogP contribution in [-0.4, -0.2) is 57.8 Å². The Bertz CT molecular complexity index is 934. The summed E-state index contributed by atoms with van der Waals surface area (Å²) in [5, 5.41) is 0. The minimum atomic E-state index is -4.45. The topological polar surface area (TPSA) is 84.9 Å². The summed E-state index contributed by atoms with van der Waals surface area (Å²) in [7, 11) is 1.70. The fraction of sp³-hybridized carbons (Fsp3) is 0.816. The third-order valence-corrected chi connectivity index (χ3v) is 9.44. The van der Waals surface area contributed by atoms with Crippen LogP contribution in [0.25, 0.3) is 0 Å². The van der Waals surface area contributed by atoms with Gasteiger partial charge in [0.1, 0.15) is 11.5 Å². The highest BCUT2D eigenvalue weighted by Crippen LogP contribution is 2.39. The molecule has 1 aromatic carbocycles. The predicted octanol–water partition coefficient (Wildman–Crippen LogP) is 9.84. The number of carbonyl (C=O) groups excluding carboxylic acids is 1. The summed E-state index contributed by atoms with van der Waals surface area (Å²) in [5.74, 6) is 0.641. The Morgan fingerprint density at radius 3 is 1.83 bits per heavy atom. The number of benzene rings is 1. The number of Topliss-reactive ketones (excluding diaryl/α,β-unsaturated/α-hetero) is 1. The molecule has 1 rings (SSSR count). The van der Waals surface area contributed by atoms with E-state index in [0.717, 1.165) is 41.6 Å². The van der Waals surface area contributed by atoms with E-state index in [1.165, 1.54) is 89.9 Å². The maximum atomic E-state index is 12.5. The van der Waals surface area contributed by atoms with Crippen LogP contribution in [-0.2, 0) is 24.8 Å². The Balaban J connectivity index is 2.37. The number of para-hydroxylation sites is 1. The molecule has 0 bridgehead atoms. The molecular formula is C38H70NO6P. The van der Waals surface area contributed by atoms with Crippen LogP contribution in [0.4, 0.5) is 0 Å². The van der Waals surface area contributed by atoms with Crippen LogP contribution >= 0.6 is 7.82 Å². The number of hydrogen-bond donors (Lipinski definition) is 0. The molecule has 2 atom stereocenters. The largest absolute Gasteiger partial charge is 0.756 e. The Hall–Kier alpha value is -1.24. The van der Waals surface area contributed by atoms with Crippen LogP contribution in [0.5, 0.6) is 5.75 Å². The van der Waals surface area contributed by atoms with Crippen molar-refractivity contribution in [2.45, 2.75) is 149 Å². The average molecular weight is 668 g/mol. The number of rotatable bonds is 32. The molecule has 0 aromatic heterocycles. The van der Waals surface area contributed by atoms with Crippen LogP contribution in [0.15, 0.2) is 24.3 Å². The van der Waals surface area contributed by atoms with Gasteiger partial charge in [0.25, 0.3) is 7.82 Å². The molecule has 0 amide bonds. The highest BCUT2D eigenvalue weighted by molar-refractivity contribution is 7.45. The van der Waals surface area contributed by atoms with Crippen molar-refractivity contribution >= 4 is 13.6 Å². The third kappa shape index (κ3) is 24.9. The van der Waals surface area contributed by atoms with Crippen molar-refractivity contribution in [1.29, 1.82) is 0 Å². The number of phosphoric acid groups is 1. The number of unbranched alkanes of at least 4 members (excludes halogenated alkanes) is 15. The zero-order valence-corrected chi connectivity index (χ0v) is 31.3. The van der Waals surface area contributed by atoms with E-state index in [4.69, 9.17) is 13.8 Å². The van der Waals surface area contributed by atoms with Gasteiger partial charge in [-0.3, -0.25) is 9.36 Å². The van der Waals surface area contributed by atoms with Gasteiger partial charge >= 0.3 is 0 Å². The summed E-state index contributed by atoms with van der Waals surface area (Å²) in [6.45, 7) is 5.71. The van der Waals surface area contributed by atoms with Gasteiger partial charge in [0.05, 0.1) is 47.5 Å². The summed E-state index contributed by atoms with van der Waals surface area (Å²) >= 11 is 0. The molecular weight excluding hydrogens is 597 g/mol. The van der Waals surface area contributed by atoms with Gasteiger partial charge in [-0.1, -0.05) is 128 Å². The van der Waals surface area contributed by atoms with Gasteiger partial charge in [-0.2, -0.15) is 0 Å². The molecule has 0 aliphatic rings. The number of ether oxygens (including phenoxy) is 1. The second-order valence-electron chi connectivity index (χ2n) is 14.3. The number of nitrogens with zero attached hydrogens (tertiary/aromatic N) is 1. The van der Waals surface area contributed by atoms with Crippen LogP contribution in [0.3, 0.4) is 0 Å². The van der Waals surface area contributed by atoms with E-state index in [1.54, 1.807) is 0 Å². The number of phosphoric ester groups is 1. The van der Waals surface area contributed by atoms with Crippen molar-refractivity contribution in [2.24, 2.45) is 5.92 Å². The third-order valence-electron chi connectivity index (χ3n) is 8.47. The lowest BCUT2D eigenvalue weighted by Gasteiger charge is -2.27. The smallest absolute Gasteiger partial charge is 0.267 e. The van der Waals surface area contributed by atoms with Crippen LogP contribution in [0.1, 0.15) is 148 Å². The Kier molecular flexibility index (Phi) is 24.8. The minimum absolute atomic E-state index is 0.0843. The number of hydrogen-bond acceptors (Lipinski definition) is 6. The molecule has 0 heterocycles. The molecule has 0 fully saturated rings. The van der Waals surface area contributed by atoms with E-state index in [9.17, 15) is 14.3 Å². The van der Waals surface area contributed by atoms with Crippen molar-refractivity contribution in [3.8, 4) is 5.75 Å². The van der Waals surface area contributed by atoms with Crippen LogP contribution in [0, 0.1) is 5.92 Å². The molecule has 0 spiro atoms. The van der Waals surface area contributed by atoms with Gasteiger partial charge in [0, 0.05) is 19.3 Å². The molecule has 0 radical (unpaired) electrons. The Morgan fingerprint density at radius 2 is 1.28 bits per heavy atom. The average Bonchev–Trinajstić information content (AvgIpc) is 3.00. The summed E-state index contributed by atoms with van der Waals surface area (Å²) in [4.78, 5) is 25.0. The highest BCUT2D eigenvalue weighted by Gasteiger charge is 2.20. The molecule has 268 valence electrons. The Labute approximate surface area is 283 Å². The van der Waals surface area contributed by atoms with Gasteiger partial charge in [-0.05, 0) is 36.8 Å². The summed E-state index contributed by atoms with van der Waals surface area (Å²) in [6, 6.07) is 7.87. The first kappa shape index (κ1) is 42.8. The lowest BCUT2D eigenvalue weighted by molar-refractivity contribution is -0.870. The molecule has 2 unspecified atom stereocenters. The van der Waals surface area contributed by atoms with Crippen molar-refractivity contribution in [3.63, 3.8) is 0 Å². The van der Waals surface area contributed by atoms with Crippen molar-refractivity contribution in [2.75, 3.05) is 47.5 Å². The second-order valence-corrected chi connectivity index (χ2v) is 15.7. The first-order valence-electron chi connectivity index (χ1n) is 18.7. The van der Waals surface area contributed by atoms with Gasteiger partial charge in [-0.15, -0.1) is 0 Å². The fourth-order valence-electron chi connectivity index (χ4n) is 5.80. The van der Waals surface area contributed by atoms with E-state index in [2.05, 4.69) is 6.92 Å². The SMILES string of the molecule is CCCCCCCCCCCCCCCCCCOc1ccccc1CC(COP(=O)([O-])OCCC[N+](C)(C)C)CC(=O)CCC. The molecule has 0 N–H and O–H groups in total. The van der Waals surface area contributed by atoms with Gasteiger partial charge in [0.2, 0.25) is 0 Å². The highest BCUT2D eigenvalue weighted by atomic mass is 31.2. The summed E-state index contributed by atoms with van der Waals surface area (Å²) in [5.41, 5.74) is 0.974. The molecule has 1 aromatic rings.